The normalized spacial score (nSPS) is 15.6. The van der Waals surface area contributed by atoms with Crippen LogP contribution in [0.3, 0.4) is 0 Å². The second-order valence-electron chi connectivity index (χ2n) is 13.0. The number of carbonyl (C=O) groups is 2. The van der Waals surface area contributed by atoms with E-state index in [-0.39, 0.29) is 29.6 Å². The Labute approximate surface area is 283 Å². The summed E-state index contributed by atoms with van der Waals surface area (Å²) in [6.45, 7) is 16.2. The Hall–Kier alpha value is -1.64. The standard InChI is InChI=1S/C17H21Cl2NO2.C15H18BrCl2NO2/c1-5-11-8-12(15(19)14(18)9-11)10-20(13-6-7-13)16(21)22-17(2,3)4;1-14(2,3)15(4-5-15)19(13(20)21)8-9-6-10(16)7-11(17)12(9)18/h5,8-9,13H,1,6-7,10H2,2-4H3;6-7H,4-5,8H2,1-3H3,(H,20,21). The van der Waals surface area contributed by atoms with Crippen molar-refractivity contribution in [3.05, 3.63) is 72.1 Å². The average Bonchev–Trinajstić information content (AvgIpc) is 3.79. The fraction of sp³-hybridized carbons (Fsp3) is 0.500. The first kappa shape index (κ1) is 35.8. The number of halogens is 5. The summed E-state index contributed by atoms with van der Waals surface area (Å²) < 4.78 is 6.28. The maximum Gasteiger partial charge on any atom is 0.410 e. The van der Waals surface area contributed by atoms with Gasteiger partial charge in [0.2, 0.25) is 0 Å². The number of nitrogens with zero attached hydrogens (tertiary/aromatic N) is 2. The molecule has 0 spiro atoms. The molecule has 0 aliphatic heterocycles. The summed E-state index contributed by atoms with van der Waals surface area (Å²) in [5.41, 5.74) is 1.44. The highest BCUT2D eigenvalue weighted by atomic mass is 79.9. The smallest absolute Gasteiger partial charge is 0.410 e. The molecule has 0 aromatic heterocycles. The topological polar surface area (TPSA) is 70.1 Å². The van der Waals surface area contributed by atoms with E-state index in [9.17, 15) is 14.7 Å². The quantitative estimate of drug-likeness (QED) is 0.287. The molecule has 0 saturated heterocycles. The molecule has 0 radical (unpaired) electrons. The SMILES string of the molecule is C=Cc1cc(Cl)c(Cl)c(CN(C(=O)OC(C)(C)C)C2CC2)c1.CC(C)(C)C1(N(Cc2cc(Br)cc(Cl)c2Cl)C(=O)O)CC1. The third-order valence-corrected chi connectivity index (χ3v) is 9.72. The van der Waals surface area contributed by atoms with Gasteiger partial charge in [-0.25, -0.2) is 9.59 Å². The Morgan fingerprint density at radius 1 is 0.977 bits per heavy atom. The summed E-state index contributed by atoms with van der Waals surface area (Å²) in [5, 5.41) is 11.4. The minimum absolute atomic E-state index is 0.117. The molecule has 2 aliphatic carbocycles. The van der Waals surface area contributed by atoms with Crippen LogP contribution in [0.5, 0.6) is 0 Å². The van der Waals surface area contributed by atoms with Crippen LogP contribution < -0.4 is 0 Å². The molecular formula is C32H39BrCl4N2O4. The highest BCUT2D eigenvalue weighted by Crippen LogP contribution is 2.55. The second kappa shape index (κ2) is 13.8. The van der Waals surface area contributed by atoms with E-state index in [1.807, 2.05) is 32.9 Å². The zero-order valence-corrected chi connectivity index (χ0v) is 30.0. The number of hydrogen-bond acceptors (Lipinski definition) is 3. The summed E-state index contributed by atoms with van der Waals surface area (Å²) in [7, 11) is 0. The van der Waals surface area contributed by atoms with Crippen LogP contribution in [0, 0.1) is 5.41 Å². The summed E-state index contributed by atoms with van der Waals surface area (Å²) in [4.78, 5) is 27.4. The number of ether oxygens (including phenoxy) is 1. The summed E-state index contributed by atoms with van der Waals surface area (Å²) in [6, 6.07) is 7.41. The highest BCUT2D eigenvalue weighted by Gasteiger charge is 2.58. The maximum absolute atomic E-state index is 12.4. The van der Waals surface area contributed by atoms with Crippen molar-refractivity contribution < 1.29 is 19.4 Å². The lowest BCUT2D eigenvalue weighted by Gasteiger charge is -2.39. The summed E-state index contributed by atoms with van der Waals surface area (Å²) >= 11 is 28.1. The molecule has 2 aliphatic rings. The van der Waals surface area contributed by atoms with Crippen LogP contribution in [0.15, 0.2) is 35.3 Å². The molecule has 0 atom stereocenters. The molecule has 11 heteroatoms. The summed E-state index contributed by atoms with van der Waals surface area (Å²) in [6.07, 6.45) is 4.21. The third-order valence-electron chi connectivity index (χ3n) is 7.58. The van der Waals surface area contributed by atoms with Crippen LogP contribution in [0.1, 0.15) is 83.9 Å². The Balaban J connectivity index is 0.000000236. The van der Waals surface area contributed by atoms with E-state index in [0.29, 0.717) is 32.2 Å². The Kier molecular flexibility index (Phi) is 11.5. The largest absolute Gasteiger partial charge is 0.465 e. The van der Waals surface area contributed by atoms with Crippen LogP contribution in [0.4, 0.5) is 9.59 Å². The van der Waals surface area contributed by atoms with E-state index >= 15 is 0 Å². The van der Waals surface area contributed by atoms with Gasteiger partial charge in [-0.05, 0) is 92.8 Å². The van der Waals surface area contributed by atoms with Gasteiger partial charge in [0, 0.05) is 10.5 Å². The molecule has 43 heavy (non-hydrogen) atoms. The Morgan fingerprint density at radius 3 is 1.95 bits per heavy atom. The van der Waals surface area contributed by atoms with Gasteiger partial charge in [-0.2, -0.15) is 0 Å². The van der Waals surface area contributed by atoms with Crippen molar-refractivity contribution >= 4 is 80.6 Å². The van der Waals surface area contributed by atoms with Crippen molar-refractivity contribution in [3.8, 4) is 0 Å². The monoisotopic (exact) mass is 734 g/mol. The van der Waals surface area contributed by atoms with Crippen LogP contribution in [0.25, 0.3) is 6.08 Å². The first-order chi connectivity index (χ1) is 19.8. The van der Waals surface area contributed by atoms with E-state index in [2.05, 4.69) is 43.3 Å². The molecule has 2 aromatic carbocycles. The molecule has 6 nitrogen and oxygen atoms in total. The van der Waals surface area contributed by atoms with Crippen LogP contribution >= 0.6 is 62.3 Å². The lowest BCUT2D eigenvalue weighted by atomic mass is 9.83. The third kappa shape index (κ3) is 9.20. The number of amides is 2. The number of rotatable bonds is 7. The predicted octanol–water partition coefficient (Wildman–Crippen LogP) is 11.4. The van der Waals surface area contributed by atoms with Gasteiger partial charge in [0.1, 0.15) is 5.60 Å². The predicted molar refractivity (Wildman–Crippen MR) is 181 cm³/mol. The zero-order chi connectivity index (χ0) is 32.5. The molecule has 0 bridgehead atoms. The molecule has 236 valence electrons. The number of benzene rings is 2. The number of carboxylic acid groups (broad SMARTS) is 1. The maximum atomic E-state index is 12.4. The Morgan fingerprint density at radius 2 is 1.51 bits per heavy atom. The van der Waals surface area contributed by atoms with Gasteiger partial charge >= 0.3 is 12.2 Å². The fourth-order valence-corrected chi connectivity index (χ4v) is 6.44. The summed E-state index contributed by atoms with van der Waals surface area (Å²) in [5.74, 6) is 0. The van der Waals surface area contributed by atoms with Crippen LogP contribution in [-0.4, -0.2) is 44.3 Å². The van der Waals surface area contributed by atoms with Gasteiger partial charge in [0.15, 0.2) is 0 Å². The van der Waals surface area contributed by atoms with Crippen molar-refractivity contribution in [1.82, 2.24) is 9.80 Å². The van der Waals surface area contributed by atoms with Crippen molar-refractivity contribution in [2.45, 2.75) is 97.5 Å². The molecule has 2 amide bonds. The number of hydrogen-bond donors (Lipinski definition) is 1. The number of carbonyl (C=O) groups excluding carboxylic acids is 1. The Bertz CT molecular complexity index is 1380. The van der Waals surface area contributed by atoms with E-state index < -0.39 is 11.7 Å². The van der Waals surface area contributed by atoms with Crippen molar-refractivity contribution in [2.75, 3.05) is 0 Å². The lowest BCUT2D eigenvalue weighted by Crippen LogP contribution is -2.48. The second-order valence-corrected chi connectivity index (χ2v) is 15.5. The molecule has 0 heterocycles. The van der Waals surface area contributed by atoms with E-state index in [4.69, 9.17) is 51.1 Å². The molecular weight excluding hydrogens is 698 g/mol. The van der Waals surface area contributed by atoms with Gasteiger partial charge < -0.3 is 14.7 Å². The highest BCUT2D eigenvalue weighted by molar-refractivity contribution is 9.10. The first-order valence-electron chi connectivity index (χ1n) is 14.0. The van der Waals surface area contributed by atoms with Crippen LogP contribution in [-0.2, 0) is 17.8 Å². The molecule has 1 N–H and O–H groups in total. The van der Waals surface area contributed by atoms with Gasteiger partial charge in [-0.1, -0.05) is 95.8 Å². The van der Waals surface area contributed by atoms with Gasteiger partial charge in [0.25, 0.3) is 0 Å². The minimum Gasteiger partial charge on any atom is -0.465 e. The molecule has 2 saturated carbocycles. The van der Waals surface area contributed by atoms with Crippen LogP contribution in [0.2, 0.25) is 20.1 Å². The fourth-order valence-electron chi connectivity index (χ4n) is 4.98. The van der Waals surface area contributed by atoms with Crippen molar-refractivity contribution in [3.63, 3.8) is 0 Å². The van der Waals surface area contributed by atoms with Gasteiger partial charge in [-0.15, -0.1) is 0 Å². The molecule has 2 fully saturated rings. The van der Waals surface area contributed by atoms with Gasteiger partial charge in [-0.3, -0.25) is 4.90 Å². The minimum atomic E-state index is -0.922. The van der Waals surface area contributed by atoms with E-state index in [1.165, 1.54) is 4.90 Å². The first-order valence-corrected chi connectivity index (χ1v) is 16.3. The molecule has 0 unspecified atom stereocenters. The van der Waals surface area contributed by atoms with E-state index in [0.717, 1.165) is 41.3 Å². The average molecular weight is 737 g/mol. The molecule has 2 aromatic rings. The zero-order valence-electron chi connectivity index (χ0n) is 25.4. The van der Waals surface area contributed by atoms with Gasteiger partial charge in [0.05, 0.1) is 38.7 Å². The van der Waals surface area contributed by atoms with Crippen molar-refractivity contribution in [1.29, 1.82) is 0 Å². The molecule has 4 rings (SSSR count). The lowest BCUT2D eigenvalue weighted by molar-refractivity contribution is 0.0216. The van der Waals surface area contributed by atoms with E-state index in [1.54, 1.807) is 23.1 Å². The van der Waals surface area contributed by atoms with Crippen molar-refractivity contribution in [2.24, 2.45) is 5.41 Å².